The fourth-order valence-corrected chi connectivity index (χ4v) is 1.51. The molecule has 1 aromatic heterocycles. The molecule has 0 saturated carbocycles. The number of aliphatic hydroxyl groups is 1. The van der Waals surface area contributed by atoms with E-state index in [-0.39, 0.29) is 13.0 Å². The maximum absolute atomic E-state index is 10.5. The maximum Gasteiger partial charge on any atom is 0.177 e. The molecule has 100 valence electrons. The molecule has 7 nitrogen and oxygen atoms in total. The molecule has 1 heterocycles. The van der Waals surface area contributed by atoms with Crippen LogP contribution >= 0.6 is 0 Å². The number of carbonyl (C=O) groups excluding carboxylic acids is 1. The Bertz CT molecular complexity index is 538. The molecule has 2 rings (SSSR count). The number of aldehydes is 1. The molecule has 0 saturated heterocycles. The predicted octanol–water partition coefficient (Wildman–Crippen LogP) is 0.00500. The van der Waals surface area contributed by atoms with Gasteiger partial charge in [-0.05, 0) is 29.5 Å². The number of hydrogen-bond donors (Lipinski definition) is 1. The van der Waals surface area contributed by atoms with Crippen LogP contribution in [0.1, 0.15) is 16.2 Å². The van der Waals surface area contributed by atoms with Crippen LogP contribution < -0.4 is 4.74 Å². The lowest BCUT2D eigenvalue weighted by Crippen LogP contribution is -2.21. The summed E-state index contributed by atoms with van der Waals surface area (Å²) in [5, 5.41) is 21.2. The van der Waals surface area contributed by atoms with Gasteiger partial charge in [0.1, 0.15) is 18.6 Å². The number of carbonyl (C=O) groups is 1. The molecular weight excluding hydrogens is 248 g/mol. The summed E-state index contributed by atoms with van der Waals surface area (Å²) in [6.45, 7) is 0.124. The van der Waals surface area contributed by atoms with Crippen LogP contribution in [0.2, 0.25) is 0 Å². The molecule has 0 radical (unpaired) electrons. The molecule has 0 aliphatic carbocycles. The van der Waals surface area contributed by atoms with Crippen LogP contribution in [-0.2, 0) is 13.5 Å². The molecule has 0 unspecified atom stereocenters. The fourth-order valence-electron chi connectivity index (χ4n) is 1.51. The Labute approximate surface area is 109 Å². The Morgan fingerprint density at radius 3 is 2.74 bits per heavy atom. The van der Waals surface area contributed by atoms with Crippen molar-refractivity contribution in [3.8, 4) is 5.75 Å². The van der Waals surface area contributed by atoms with Gasteiger partial charge in [-0.3, -0.25) is 4.79 Å². The zero-order valence-corrected chi connectivity index (χ0v) is 10.4. The van der Waals surface area contributed by atoms with E-state index in [1.807, 2.05) is 0 Å². The van der Waals surface area contributed by atoms with Crippen molar-refractivity contribution in [1.82, 2.24) is 20.2 Å². The lowest BCUT2D eigenvalue weighted by atomic mass is 10.2. The zero-order chi connectivity index (χ0) is 13.7. The van der Waals surface area contributed by atoms with Crippen molar-refractivity contribution in [2.24, 2.45) is 7.05 Å². The molecule has 7 heteroatoms. The number of ether oxygens (including phenoxy) is 1. The summed E-state index contributed by atoms with van der Waals surface area (Å²) in [7, 11) is 1.66. The summed E-state index contributed by atoms with van der Waals surface area (Å²) in [5.74, 6) is 1.06. The van der Waals surface area contributed by atoms with Crippen LogP contribution in [-0.4, -0.2) is 44.3 Å². The summed E-state index contributed by atoms with van der Waals surface area (Å²) in [4.78, 5) is 11.8. The van der Waals surface area contributed by atoms with Crippen LogP contribution in [0.4, 0.5) is 0 Å². The van der Waals surface area contributed by atoms with Crippen LogP contribution in [0.15, 0.2) is 24.3 Å². The van der Waals surface area contributed by atoms with Gasteiger partial charge in [-0.15, -0.1) is 10.2 Å². The van der Waals surface area contributed by atoms with Gasteiger partial charge in [-0.2, -0.15) is 4.80 Å². The highest BCUT2D eigenvalue weighted by atomic mass is 16.5. The van der Waals surface area contributed by atoms with E-state index in [4.69, 9.17) is 4.74 Å². The number of benzene rings is 1. The average molecular weight is 262 g/mol. The molecule has 1 N–H and O–H groups in total. The van der Waals surface area contributed by atoms with Crippen molar-refractivity contribution >= 4 is 6.29 Å². The number of rotatable bonds is 6. The predicted molar refractivity (Wildman–Crippen MR) is 65.8 cm³/mol. The Balaban J connectivity index is 1.82. The summed E-state index contributed by atoms with van der Waals surface area (Å²) < 4.78 is 5.40. The van der Waals surface area contributed by atoms with Crippen LogP contribution in [0.5, 0.6) is 5.75 Å². The first-order valence-corrected chi connectivity index (χ1v) is 5.76. The normalized spacial score (nSPS) is 12.1. The van der Waals surface area contributed by atoms with Gasteiger partial charge in [0.05, 0.1) is 13.2 Å². The fraction of sp³-hybridized carbons (Fsp3) is 0.333. The molecule has 0 fully saturated rings. The van der Waals surface area contributed by atoms with Gasteiger partial charge in [0.2, 0.25) is 0 Å². The third-order valence-corrected chi connectivity index (χ3v) is 2.43. The van der Waals surface area contributed by atoms with E-state index in [0.717, 1.165) is 6.29 Å². The standard InChI is InChI=1S/C12H14N4O3/c1-16-14-12(13-15-16)6-10(18)8-19-11-4-2-9(7-17)3-5-11/h2-5,7,10,18H,6,8H2,1H3/t10-/m1/s1. The van der Waals surface area contributed by atoms with Gasteiger partial charge in [0.15, 0.2) is 5.82 Å². The number of aliphatic hydroxyl groups excluding tert-OH is 1. The molecular formula is C12H14N4O3. The SMILES string of the molecule is Cn1nnc(C[C@@H](O)COc2ccc(C=O)cc2)n1. The molecule has 0 aliphatic rings. The van der Waals surface area contributed by atoms with Crippen molar-refractivity contribution in [1.29, 1.82) is 0 Å². The van der Waals surface area contributed by atoms with E-state index in [0.29, 0.717) is 17.1 Å². The quantitative estimate of drug-likeness (QED) is 0.737. The molecule has 19 heavy (non-hydrogen) atoms. The number of tetrazole rings is 1. The summed E-state index contributed by atoms with van der Waals surface area (Å²) in [6.07, 6.45) is 0.327. The second kappa shape index (κ2) is 6.05. The van der Waals surface area contributed by atoms with Gasteiger partial charge >= 0.3 is 0 Å². The van der Waals surface area contributed by atoms with E-state index in [1.165, 1.54) is 4.80 Å². The van der Waals surface area contributed by atoms with E-state index in [1.54, 1.807) is 31.3 Å². The highest BCUT2D eigenvalue weighted by Crippen LogP contribution is 2.11. The first kappa shape index (κ1) is 13.2. The van der Waals surface area contributed by atoms with E-state index in [2.05, 4.69) is 15.4 Å². The van der Waals surface area contributed by atoms with Gasteiger partial charge in [0, 0.05) is 12.0 Å². The Morgan fingerprint density at radius 2 is 2.16 bits per heavy atom. The van der Waals surface area contributed by atoms with Crippen molar-refractivity contribution in [2.75, 3.05) is 6.61 Å². The second-order valence-electron chi connectivity index (χ2n) is 4.05. The van der Waals surface area contributed by atoms with Gasteiger partial charge in [0.25, 0.3) is 0 Å². The van der Waals surface area contributed by atoms with Crippen LogP contribution in [0.3, 0.4) is 0 Å². The largest absolute Gasteiger partial charge is 0.491 e. The molecule has 0 bridgehead atoms. The molecule has 0 amide bonds. The first-order valence-electron chi connectivity index (χ1n) is 5.76. The number of hydrogen-bond acceptors (Lipinski definition) is 6. The number of aryl methyl sites for hydroxylation is 1. The summed E-state index contributed by atoms with van der Waals surface area (Å²) in [6, 6.07) is 6.66. The minimum Gasteiger partial charge on any atom is -0.491 e. The number of nitrogens with zero attached hydrogens (tertiary/aromatic N) is 4. The van der Waals surface area contributed by atoms with Crippen molar-refractivity contribution in [3.05, 3.63) is 35.7 Å². The summed E-state index contributed by atoms with van der Waals surface area (Å²) in [5.41, 5.74) is 0.580. The van der Waals surface area contributed by atoms with Crippen molar-refractivity contribution in [3.63, 3.8) is 0 Å². The second-order valence-corrected chi connectivity index (χ2v) is 4.05. The Morgan fingerprint density at radius 1 is 1.42 bits per heavy atom. The van der Waals surface area contributed by atoms with Gasteiger partial charge in [-0.25, -0.2) is 0 Å². The third kappa shape index (κ3) is 3.85. The van der Waals surface area contributed by atoms with Crippen molar-refractivity contribution < 1.29 is 14.6 Å². The van der Waals surface area contributed by atoms with E-state index >= 15 is 0 Å². The minimum atomic E-state index is -0.713. The zero-order valence-electron chi connectivity index (χ0n) is 10.4. The molecule has 0 aliphatic heterocycles. The number of aromatic nitrogens is 4. The Kier molecular flexibility index (Phi) is 4.19. The van der Waals surface area contributed by atoms with Gasteiger partial charge in [-0.1, -0.05) is 0 Å². The molecule has 1 aromatic carbocycles. The van der Waals surface area contributed by atoms with Crippen molar-refractivity contribution in [2.45, 2.75) is 12.5 Å². The van der Waals surface area contributed by atoms with Crippen LogP contribution in [0.25, 0.3) is 0 Å². The lowest BCUT2D eigenvalue weighted by Gasteiger charge is -2.10. The molecule has 1 atom stereocenters. The van der Waals surface area contributed by atoms with Gasteiger partial charge < -0.3 is 9.84 Å². The van der Waals surface area contributed by atoms with E-state index < -0.39 is 6.10 Å². The maximum atomic E-state index is 10.5. The smallest absolute Gasteiger partial charge is 0.177 e. The first-order chi connectivity index (χ1) is 9.17. The highest BCUT2D eigenvalue weighted by Gasteiger charge is 2.10. The molecule has 0 spiro atoms. The summed E-state index contributed by atoms with van der Waals surface area (Å²) >= 11 is 0. The molecule has 2 aromatic rings. The Hall–Kier alpha value is -2.28. The average Bonchev–Trinajstić information content (AvgIpc) is 2.82. The highest BCUT2D eigenvalue weighted by molar-refractivity contribution is 5.74. The topological polar surface area (TPSA) is 90.1 Å². The monoisotopic (exact) mass is 262 g/mol. The minimum absolute atomic E-state index is 0.124. The lowest BCUT2D eigenvalue weighted by molar-refractivity contribution is 0.106. The van der Waals surface area contributed by atoms with Crippen LogP contribution in [0, 0.1) is 0 Å². The van der Waals surface area contributed by atoms with E-state index in [9.17, 15) is 9.90 Å². The third-order valence-electron chi connectivity index (χ3n) is 2.43.